The molecule has 0 atom stereocenters. The monoisotopic (exact) mass is 398 g/mol. The normalized spacial score (nSPS) is 11.5. The van der Waals surface area contributed by atoms with Crippen LogP contribution in [0.25, 0.3) is 22.2 Å². The number of rotatable bonds is 7. The van der Waals surface area contributed by atoms with Crippen LogP contribution in [0, 0.1) is 6.92 Å². The van der Waals surface area contributed by atoms with E-state index in [0.717, 1.165) is 36.2 Å². The van der Waals surface area contributed by atoms with Gasteiger partial charge in [0.15, 0.2) is 5.56 Å². The fourth-order valence-electron chi connectivity index (χ4n) is 3.42. The Morgan fingerprint density at radius 2 is 2.00 bits per heavy atom. The molecule has 3 rings (SSSR count). The third kappa shape index (κ3) is 4.03. The van der Waals surface area contributed by atoms with Gasteiger partial charge in [0, 0.05) is 48.8 Å². The van der Waals surface area contributed by atoms with E-state index in [1.54, 1.807) is 6.92 Å². The quantitative estimate of drug-likeness (QED) is 0.453. The first kappa shape index (κ1) is 20.6. The van der Waals surface area contributed by atoms with E-state index in [4.69, 9.17) is 5.11 Å². The summed E-state index contributed by atoms with van der Waals surface area (Å²) in [6, 6.07) is 7.81. The summed E-state index contributed by atoms with van der Waals surface area (Å²) in [7, 11) is 6.08. The van der Waals surface area contributed by atoms with Crippen molar-refractivity contribution in [3.8, 4) is 17.0 Å². The number of aromatic carboxylic acids is 1. The first-order chi connectivity index (χ1) is 13.7. The van der Waals surface area contributed by atoms with E-state index in [2.05, 4.69) is 25.8 Å². The van der Waals surface area contributed by atoms with Crippen molar-refractivity contribution < 1.29 is 15.0 Å². The highest BCUT2D eigenvalue weighted by Gasteiger charge is 2.20. The number of pyridine rings is 1. The van der Waals surface area contributed by atoms with Gasteiger partial charge in [0.05, 0.1) is 5.69 Å². The molecule has 0 unspecified atom stereocenters. The molecule has 8 heteroatoms. The van der Waals surface area contributed by atoms with Crippen LogP contribution in [0.1, 0.15) is 21.6 Å². The highest BCUT2D eigenvalue weighted by atomic mass is 16.4. The predicted molar refractivity (Wildman–Crippen MR) is 113 cm³/mol. The lowest BCUT2D eigenvalue weighted by atomic mass is 10.0. The maximum atomic E-state index is 12.1. The van der Waals surface area contributed by atoms with Gasteiger partial charge in [-0.1, -0.05) is 6.07 Å². The van der Waals surface area contributed by atoms with Crippen LogP contribution in [0.5, 0.6) is 5.75 Å². The number of fused-ring (bicyclic) bond motifs is 1. The minimum absolute atomic E-state index is 0.322. The van der Waals surface area contributed by atoms with Crippen molar-refractivity contribution in [1.82, 2.24) is 19.8 Å². The molecule has 0 fully saturated rings. The Kier molecular flexibility index (Phi) is 5.76. The fourth-order valence-corrected chi connectivity index (χ4v) is 3.42. The van der Waals surface area contributed by atoms with Crippen LogP contribution in [0.15, 0.2) is 29.1 Å². The van der Waals surface area contributed by atoms with E-state index < -0.39 is 22.8 Å². The summed E-state index contributed by atoms with van der Waals surface area (Å²) >= 11 is 0. The lowest BCUT2D eigenvalue weighted by molar-refractivity contribution is 0.0691. The number of benzene rings is 1. The zero-order valence-corrected chi connectivity index (χ0v) is 17.0. The summed E-state index contributed by atoms with van der Waals surface area (Å²) in [6.07, 6.45) is 0. The molecule has 154 valence electrons. The number of hydrogen-bond donors (Lipinski definition) is 4. The molecule has 2 aromatic heterocycles. The van der Waals surface area contributed by atoms with Crippen LogP contribution in [0.2, 0.25) is 0 Å². The Morgan fingerprint density at radius 1 is 1.28 bits per heavy atom. The van der Waals surface area contributed by atoms with Gasteiger partial charge in [-0.25, -0.2) is 4.79 Å². The van der Waals surface area contributed by atoms with Crippen molar-refractivity contribution in [2.24, 2.45) is 7.05 Å². The lowest BCUT2D eigenvalue weighted by Gasteiger charge is -2.11. The second-order valence-electron chi connectivity index (χ2n) is 7.43. The van der Waals surface area contributed by atoms with Crippen molar-refractivity contribution in [1.29, 1.82) is 0 Å². The molecule has 0 amide bonds. The third-order valence-corrected chi connectivity index (χ3v) is 5.12. The average molecular weight is 398 g/mol. The highest BCUT2D eigenvalue weighted by molar-refractivity contribution is 5.92. The summed E-state index contributed by atoms with van der Waals surface area (Å²) < 4.78 is 2.11. The Labute approximate surface area is 168 Å². The molecule has 0 aliphatic carbocycles. The van der Waals surface area contributed by atoms with Gasteiger partial charge < -0.3 is 30.0 Å². The first-order valence-corrected chi connectivity index (χ1v) is 9.34. The number of likely N-dealkylation sites (N-methyl/N-ethyl adjacent to an activating group) is 1. The van der Waals surface area contributed by atoms with Gasteiger partial charge in [-0.15, -0.1) is 0 Å². The summed E-state index contributed by atoms with van der Waals surface area (Å²) in [5.41, 5.74) is 2.15. The highest BCUT2D eigenvalue weighted by Crippen LogP contribution is 2.31. The molecule has 29 heavy (non-hydrogen) atoms. The smallest absolute Gasteiger partial charge is 0.345 e. The number of aromatic hydroxyl groups is 1. The second-order valence-corrected chi connectivity index (χ2v) is 7.43. The molecule has 0 aliphatic rings. The number of nitrogens with one attached hydrogen (secondary N) is 2. The Balaban J connectivity index is 1.96. The van der Waals surface area contributed by atoms with Crippen LogP contribution < -0.4 is 10.9 Å². The Morgan fingerprint density at radius 3 is 2.66 bits per heavy atom. The maximum Gasteiger partial charge on any atom is 0.345 e. The molecule has 3 aromatic rings. The van der Waals surface area contributed by atoms with E-state index >= 15 is 0 Å². The van der Waals surface area contributed by atoms with E-state index in [-0.39, 0.29) is 0 Å². The minimum Gasteiger partial charge on any atom is -0.506 e. The largest absolute Gasteiger partial charge is 0.506 e. The summed E-state index contributed by atoms with van der Waals surface area (Å²) in [5.74, 6) is -1.96. The van der Waals surface area contributed by atoms with Crippen molar-refractivity contribution in [2.75, 3.05) is 27.2 Å². The topological polar surface area (TPSA) is 111 Å². The van der Waals surface area contributed by atoms with Gasteiger partial charge >= 0.3 is 5.97 Å². The SMILES string of the molecule is Cc1c(-c2ccc3c(c2)cc(CNCCN(C)C)n3C)[nH]c(=O)c(C(=O)O)c1O. The maximum absolute atomic E-state index is 12.1. The molecule has 0 saturated heterocycles. The Hall–Kier alpha value is -3.10. The fraction of sp³-hybridized carbons (Fsp3) is 0.333. The number of H-pyrrole nitrogens is 1. The number of hydrogen-bond acceptors (Lipinski definition) is 5. The molecule has 2 heterocycles. The summed E-state index contributed by atoms with van der Waals surface area (Å²) in [5, 5.41) is 23.8. The van der Waals surface area contributed by atoms with Gasteiger partial charge in [-0.3, -0.25) is 4.79 Å². The molecule has 4 N–H and O–H groups in total. The van der Waals surface area contributed by atoms with Crippen LogP contribution >= 0.6 is 0 Å². The minimum atomic E-state index is -1.46. The van der Waals surface area contributed by atoms with Crippen molar-refractivity contribution in [3.63, 3.8) is 0 Å². The summed E-state index contributed by atoms with van der Waals surface area (Å²) in [6.45, 7) is 4.16. The molecule has 0 aliphatic heterocycles. The first-order valence-electron chi connectivity index (χ1n) is 9.34. The number of carbonyl (C=O) groups is 1. The van der Waals surface area contributed by atoms with E-state index in [1.807, 2.05) is 39.3 Å². The van der Waals surface area contributed by atoms with E-state index in [0.29, 0.717) is 16.8 Å². The van der Waals surface area contributed by atoms with Gasteiger partial charge in [0.2, 0.25) is 0 Å². The van der Waals surface area contributed by atoms with Gasteiger partial charge in [-0.05, 0) is 44.8 Å². The second kappa shape index (κ2) is 8.10. The standard InChI is InChI=1S/C21H26N4O4/c1-12-18(23-20(27)17(19(12)26)21(28)29)13-5-6-16-14(9-13)10-15(25(16)4)11-22-7-8-24(2)3/h5-6,9-10,22H,7-8,11H2,1-4H3,(H,28,29)(H2,23,26,27). The molecule has 0 saturated carbocycles. The number of aromatic amines is 1. The van der Waals surface area contributed by atoms with Crippen LogP contribution in [0.3, 0.4) is 0 Å². The van der Waals surface area contributed by atoms with Crippen LogP contribution in [-0.2, 0) is 13.6 Å². The van der Waals surface area contributed by atoms with Crippen LogP contribution in [0.4, 0.5) is 0 Å². The molecule has 0 spiro atoms. The number of aromatic nitrogens is 2. The lowest BCUT2D eigenvalue weighted by Crippen LogP contribution is -2.26. The van der Waals surface area contributed by atoms with Crippen molar-refractivity contribution in [2.45, 2.75) is 13.5 Å². The van der Waals surface area contributed by atoms with Gasteiger partial charge in [0.25, 0.3) is 5.56 Å². The zero-order chi connectivity index (χ0) is 21.3. The molecular weight excluding hydrogens is 372 g/mol. The molecule has 8 nitrogen and oxygen atoms in total. The van der Waals surface area contributed by atoms with Crippen molar-refractivity contribution >= 4 is 16.9 Å². The molecular formula is C21H26N4O4. The Bertz CT molecular complexity index is 1130. The third-order valence-electron chi connectivity index (χ3n) is 5.12. The van der Waals surface area contributed by atoms with Crippen molar-refractivity contribution in [3.05, 3.63) is 51.4 Å². The van der Waals surface area contributed by atoms with E-state index in [9.17, 15) is 14.7 Å². The number of nitrogens with zero attached hydrogens (tertiary/aromatic N) is 2. The number of aryl methyl sites for hydroxylation is 1. The molecule has 0 radical (unpaired) electrons. The van der Waals surface area contributed by atoms with E-state index in [1.165, 1.54) is 0 Å². The average Bonchev–Trinajstić information content (AvgIpc) is 2.96. The zero-order valence-electron chi connectivity index (χ0n) is 17.0. The molecule has 1 aromatic carbocycles. The summed E-state index contributed by atoms with van der Waals surface area (Å²) in [4.78, 5) is 28.1. The number of carboxylic acids is 1. The predicted octanol–water partition coefficient (Wildman–Crippen LogP) is 1.90. The van der Waals surface area contributed by atoms with Gasteiger partial charge in [-0.2, -0.15) is 0 Å². The molecule has 0 bridgehead atoms. The number of carboxylic acid groups (broad SMARTS) is 1. The van der Waals surface area contributed by atoms with Gasteiger partial charge in [0.1, 0.15) is 5.75 Å². The van der Waals surface area contributed by atoms with Crippen LogP contribution in [-0.4, -0.2) is 57.8 Å².